The molecule has 0 amide bonds. The van der Waals surface area contributed by atoms with Gasteiger partial charge in [-0.15, -0.1) is 0 Å². The van der Waals surface area contributed by atoms with Crippen LogP contribution in [-0.2, 0) is 4.79 Å². The molecule has 1 fully saturated rings. The van der Waals surface area contributed by atoms with Gasteiger partial charge in [-0.1, -0.05) is 17.7 Å². The Morgan fingerprint density at radius 3 is 2.58 bits per heavy atom. The first kappa shape index (κ1) is 13.9. The summed E-state index contributed by atoms with van der Waals surface area (Å²) in [5.41, 5.74) is 0.282. The van der Waals surface area contributed by atoms with E-state index in [9.17, 15) is 9.90 Å². The number of aliphatic carboxylic acids is 1. The fourth-order valence-corrected chi connectivity index (χ4v) is 1.93. The van der Waals surface area contributed by atoms with Crippen LogP contribution in [0.5, 0.6) is 5.75 Å². The van der Waals surface area contributed by atoms with Crippen molar-refractivity contribution in [2.75, 3.05) is 6.61 Å². The molecule has 1 aliphatic carbocycles. The summed E-state index contributed by atoms with van der Waals surface area (Å²) in [5.74, 6) is -0.0309. The van der Waals surface area contributed by atoms with Crippen molar-refractivity contribution in [1.29, 1.82) is 0 Å². The lowest BCUT2D eigenvalue weighted by Gasteiger charge is -2.26. The molecule has 4 nitrogen and oxygen atoms in total. The topological polar surface area (TPSA) is 58.6 Å². The van der Waals surface area contributed by atoms with Crippen molar-refractivity contribution in [3.8, 4) is 5.75 Å². The number of rotatable bonds is 7. The highest BCUT2D eigenvalue weighted by Gasteiger charge is 2.38. The van der Waals surface area contributed by atoms with E-state index in [1.807, 2.05) is 31.2 Å². The third kappa shape index (κ3) is 3.96. The van der Waals surface area contributed by atoms with E-state index in [2.05, 4.69) is 5.32 Å². The van der Waals surface area contributed by atoms with Crippen LogP contribution in [-0.4, -0.2) is 29.3 Å². The Bertz CT molecular complexity index is 439. The number of nitrogens with one attached hydrogen (secondary N) is 1. The molecule has 1 saturated carbocycles. The molecule has 0 aromatic heterocycles. The summed E-state index contributed by atoms with van der Waals surface area (Å²) < 4.78 is 5.61. The second-order valence-corrected chi connectivity index (χ2v) is 5.47. The van der Waals surface area contributed by atoms with Crippen LogP contribution in [0.2, 0.25) is 0 Å². The van der Waals surface area contributed by atoms with E-state index >= 15 is 0 Å². The molecule has 1 unspecified atom stereocenters. The second-order valence-electron chi connectivity index (χ2n) is 5.47. The minimum absolute atomic E-state index is 0.362. The van der Waals surface area contributed by atoms with E-state index in [4.69, 9.17) is 4.74 Å². The number of carboxylic acid groups (broad SMARTS) is 1. The number of benzene rings is 1. The number of hydrogen-bond donors (Lipinski definition) is 2. The zero-order valence-corrected chi connectivity index (χ0v) is 11.5. The Morgan fingerprint density at radius 1 is 1.42 bits per heavy atom. The molecule has 1 aromatic carbocycles. The van der Waals surface area contributed by atoms with Crippen molar-refractivity contribution < 1.29 is 14.6 Å². The highest BCUT2D eigenvalue weighted by atomic mass is 16.5. The average Bonchev–Trinajstić information content (AvgIpc) is 3.15. The first-order chi connectivity index (χ1) is 8.99. The Kier molecular flexibility index (Phi) is 4.10. The van der Waals surface area contributed by atoms with Gasteiger partial charge in [0.15, 0.2) is 0 Å². The van der Waals surface area contributed by atoms with Crippen molar-refractivity contribution >= 4 is 5.97 Å². The maximum atomic E-state index is 11.4. The predicted molar refractivity (Wildman–Crippen MR) is 73.5 cm³/mol. The molecule has 0 spiro atoms. The van der Waals surface area contributed by atoms with Crippen LogP contribution in [0.15, 0.2) is 24.3 Å². The molecular weight excluding hydrogens is 242 g/mol. The number of ether oxygens (including phenoxy) is 1. The fourth-order valence-electron chi connectivity index (χ4n) is 1.93. The smallest absolute Gasteiger partial charge is 0.323 e. The summed E-state index contributed by atoms with van der Waals surface area (Å²) in [6, 6.07) is 8.13. The van der Waals surface area contributed by atoms with Gasteiger partial charge in [-0.25, -0.2) is 0 Å². The van der Waals surface area contributed by atoms with Crippen molar-refractivity contribution in [2.45, 2.75) is 44.7 Å². The van der Waals surface area contributed by atoms with Crippen molar-refractivity contribution in [3.63, 3.8) is 0 Å². The van der Waals surface area contributed by atoms with Gasteiger partial charge in [0, 0.05) is 12.5 Å². The average molecular weight is 263 g/mol. The standard InChI is InChI=1S/C15H21NO3/c1-11-3-7-13(8-4-11)19-10-9-15(2,14(17)18)16-12-5-6-12/h3-4,7-8,12,16H,5-6,9-10H2,1-2H3,(H,17,18). The van der Waals surface area contributed by atoms with Gasteiger partial charge in [-0.2, -0.15) is 0 Å². The van der Waals surface area contributed by atoms with Crippen LogP contribution < -0.4 is 10.1 Å². The summed E-state index contributed by atoms with van der Waals surface area (Å²) in [6.45, 7) is 4.14. The number of hydrogen-bond acceptors (Lipinski definition) is 3. The molecule has 1 aromatic rings. The Morgan fingerprint density at radius 2 is 2.05 bits per heavy atom. The van der Waals surface area contributed by atoms with E-state index in [0.29, 0.717) is 19.1 Å². The van der Waals surface area contributed by atoms with Crippen LogP contribution in [0.1, 0.15) is 31.7 Å². The second kappa shape index (κ2) is 5.61. The van der Waals surface area contributed by atoms with Crippen molar-refractivity contribution in [1.82, 2.24) is 5.32 Å². The zero-order chi connectivity index (χ0) is 13.9. The molecule has 1 aliphatic rings. The molecular formula is C15H21NO3. The van der Waals surface area contributed by atoms with Crippen molar-refractivity contribution in [2.24, 2.45) is 0 Å². The van der Waals surface area contributed by atoms with Gasteiger partial charge in [-0.05, 0) is 38.8 Å². The summed E-state index contributed by atoms with van der Waals surface area (Å²) in [6.07, 6.45) is 2.59. The molecule has 4 heteroatoms. The van der Waals surface area contributed by atoms with E-state index in [1.165, 1.54) is 5.56 Å². The van der Waals surface area contributed by atoms with Gasteiger partial charge in [0.05, 0.1) is 6.61 Å². The zero-order valence-electron chi connectivity index (χ0n) is 11.5. The predicted octanol–water partition coefficient (Wildman–Crippen LogP) is 2.36. The molecule has 0 radical (unpaired) electrons. The van der Waals surface area contributed by atoms with Crippen LogP contribution in [0.4, 0.5) is 0 Å². The quantitative estimate of drug-likeness (QED) is 0.793. The normalized spacial score (nSPS) is 17.8. The molecule has 0 saturated heterocycles. The third-order valence-electron chi connectivity index (χ3n) is 3.46. The first-order valence-corrected chi connectivity index (χ1v) is 6.70. The Balaban J connectivity index is 1.84. The third-order valence-corrected chi connectivity index (χ3v) is 3.46. The minimum atomic E-state index is -0.897. The number of aryl methyl sites for hydroxylation is 1. The van der Waals surface area contributed by atoms with Crippen LogP contribution >= 0.6 is 0 Å². The molecule has 104 valence electrons. The fraction of sp³-hybridized carbons (Fsp3) is 0.533. The number of carbonyl (C=O) groups is 1. The Labute approximate surface area is 113 Å². The van der Waals surface area contributed by atoms with Gasteiger partial charge in [-0.3, -0.25) is 10.1 Å². The monoisotopic (exact) mass is 263 g/mol. The van der Waals surface area contributed by atoms with Crippen LogP contribution in [0, 0.1) is 6.92 Å². The lowest BCUT2D eigenvalue weighted by atomic mass is 9.98. The molecule has 0 bridgehead atoms. The summed E-state index contributed by atoms with van der Waals surface area (Å²) in [7, 11) is 0. The molecule has 0 heterocycles. The van der Waals surface area contributed by atoms with Gasteiger partial charge < -0.3 is 9.84 Å². The van der Waals surface area contributed by atoms with Crippen LogP contribution in [0.3, 0.4) is 0 Å². The van der Waals surface area contributed by atoms with Gasteiger partial charge in [0.1, 0.15) is 11.3 Å². The SMILES string of the molecule is Cc1ccc(OCCC(C)(NC2CC2)C(=O)O)cc1. The van der Waals surface area contributed by atoms with E-state index in [0.717, 1.165) is 18.6 Å². The number of carboxylic acids is 1. The molecule has 2 N–H and O–H groups in total. The summed E-state index contributed by atoms with van der Waals surface area (Å²) in [5, 5.41) is 12.5. The lowest BCUT2D eigenvalue weighted by Crippen LogP contribution is -2.51. The van der Waals surface area contributed by atoms with Gasteiger partial charge in [0.2, 0.25) is 0 Å². The molecule has 19 heavy (non-hydrogen) atoms. The lowest BCUT2D eigenvalue weighted by molar-refractivity contribution is -0.144. The molecule has 0 aliphatic heterocycles. The van der Waals surface area contributed by atoms with Gasteiger partial charge >= 0.3 is 5.97 Å². The molecule has 2 rings (SSSR count). The highest BCUT2D eigenvalue weighted by molar-refractivity contribution is 5.78. The first-order valence-electron chi connectivity index (χ1n) is 6.70. The van der Waals surface area contributed by atoms with Crippen molar-refractivity contribution in [3.05, 3.63) is 29.8 Å². The Hall–Kier alpha value is -1.55. The summed E-state index contributed by atoms with van der Waals surface area (Å²) in [4.78, 5) is 11.4. The minimum Gasteiger partial charge on any atom is -0.494 e. The van der Waals surface area contributed by atoms with Crippen LogP contribution in [0.25, 0.3) is 0 Å². The maximum Gasteiger partial charge on any atom is 0.323 e. The largest absolute Gasteiger partial charge is 0.494 e. The van der Waals surface area contributed by atoms with Gasteiger partial charge in [0.25, 0.3) is 0 Å². The molecule has 1 atom stereocenters. The maximum absolute atomic E-state index is 11.4. The summed E-state index contributed by atoms with van der Waals surface area (Å²) >= 11 is 0. The van der Waals surface area contributed by atoms with E-state index in [-0.39, 0.29) is 0 Å². The van der Waals surface area contributed by atoms with E-state index in [1.54, 1.807) is 6.92 Å². The van der Waals surface area contributed by atoms with E-state index < -0.39 is 11.5 Å². The highest BCUT2D eigenvalue weighted by Crippen LogP contribution is 2.24.